The number of hydrogen-bond donors (Lipinski definition) is 1. The number of non-ortho nitro benzene ring substituents is 1. The van der Waals surface area contributed by atoms with Gasteiger partial charge in [-0.2, -0.15) is 0 Å². The van der Waals surface area contributed by atoms with Crippen molar-refractivity contribution in [2.24, 2.45) is 0 Å². The number of nitrogens with zero attached hydrogens (tertiary/aromatic N) is 3. The summed E-state index contributed by atoms with van der Waals surface area (Å²) in [5.41, 5.74) is 2.20. The van der Waals surface area contributed by atoms with E-state index in [1.54, 1.807) is 0 Å². The average molecular weight is 318 g/mol. The van der Waals surface area contributed by atoms with Gasteiger partial charge in [0.05, 0.1) is 10.7 Å². The van der Waals surface area contributed by atoms with Gasteiger partial charge in [-0.1, -0.05) is 11.8 Å². The number of nitro groups is 1. The highest BCUT2D eigenvalue weighted by Crippen LogP contribution is 2.17. The van der Waals surface area contributed by atoms with Gasteiger partial charge in [-0.15, -0.1) is 0 Å². The lowest BCUT2D eigenvalue weighted by Gasteiger charge is -2.05. The van der Waals surface area contributed by atoms with Crippen LogP contribution in [0.25, 0.3) is 0 Å². The zero-order valence-corrected chi connectivity index (χ0v) is 12.9. The average Bonchev–Trinajstić information content (AvgIpc) is 2.45. The van der Waals surface area contributed by atoms with E-state index < -0.39 is 4.92 Å². The number of anilines is 1. The molecule has 0 atom stereocenters. The molecule has 0 spiro atoms. The molecule has 0 saturated heterocycles. The molecule has 8 heteroatoms. The first-order valence-corrected chi connectivity index (χ1v) is 7.42. The Labute approximate surface area is 131 Å². The first-order chi connectivity index (χ1) is 10.4. The predicted octanol–water partition coefficient (Wildman–Crippen LogP) is 2.73. The van der Waals surface area contributed by atoms with Crippen LogP contribution in [-0.4, -0.2) is 26.6 Å². The Morgan fingerprint density at radius 2 is 1.82 bits per heavy atom. The molecule has 0 saturated carbocycles. The summed E-state index contributed by atoms with van der Waals surface area (Å²) in [6.45, 7) is 3.74. The quantitative estimate of drug-likeness (QED) is 0.394. The Morgan fingerprint density at radius 3 is 2.36 bits per heavy atom. The maximum atomic E-state index is 11.9. The van der Waals surface area contributed by atoms with Gasteiger partial charge in [0, 0.05) is 29.2 Å². The number of rotatable bonds is 5. The zero-order chi connectivity index (χ0) is 16.1. The third-order valence-electron chi connectivity index (χ3n) is 2.66. The number of thioether (sulfide) groups is 1. The van der Waals surface area contributed by atoms with E-state index in [0.717, 1.165) is 11.4 Å². The number of nitro benzene ring substituents is 1. The number of amides is 1. The van der Waals surface area contributed by atoms with Crippen molar-refractivity contribution in [3.63, 3.8) is 0 Å². The topological polar surface area (TPSA) is 98.0 Å². The molecule has 0 fully saturated rings. The van der Waals surface area contributed by atoms with Crippen molar-refractivity contribution < 1.29 is 9.72 Å². The van der Waals surface area contributed by atoms with Crippen LogP contribution in [0, 0.1) is 24.0 Å². The van der Waals surface area contributed by atoms with Crippen molar-refractivity contribution in [1.29, 1.82) is 0 Å². The summed E-state index contributed by atoms with van der Waals surface area (Å²) in [7, 11) is 0. The minimum Gasteiger partial charge on any atom is -0.325 e. The largest absolute Gasteiger partial charge is 0.325 e. The standard InChI is InChI=1S/C14H14N4O3S/c1-9-7-10(2)16-14(15-9)22-8-13(19)17-11-3-5-12(6-4-11)18(20)21/h3-7H,8H2,1-2H3,(H,17,19). The van der Waals surface area contributed by atoms with Crippen molar-refractivity contribution in [2.75, 3.05) is 11.1 Å². The molecular formula is C14H14N4O3S. The Balaban J connectivity index is 1.91. The lowest BCUT2D eigenvalue weighted by atomic mass is 10.3. The van der Waals surface area contributed by atoms with Gasteiger partial charge >= 0.3 is 0 Å². The summed E-state index contributed by atoms with van der Waals surface area (Å²) in [4.78, 5) is 30.4. The van der Waals surface area contributed by atoms with Crippen LogP contribution in [0.2, 0.25) is 0 Å². The summed E-state index contributed by atoms with van der Waals surface area (Å²) in [6, 6.07) is 7.54. The maximum Gasteiger partial charge on any atom is 0.269 e. The van der Waals surface area contributed by atoms with Gasteiger partial charge in [0.15, 0.2) is 5.16 Å². The fourth-order valence-corrected chi connectivity index (χ4v) is 2.50. The molecule has 0 bridgehead atoms. The van der Waals surface area contributed by atoms with Gasteiger partial charge in [0.25, 0.3) is 5.69 Å². The molecule has 0 radical (unpaired) electrons. The monoisotopic (exact) mass is 318 g/mol. The second-order valence-electron chi connectivity index (χ2n) is 4.57. The minimum absolute atomic E-state index is 0.0176. The Morgan fingerprint density at radius 1 is 1.23 bits per heavy atom. The van der Waals surface area contributed by atoms with Gasteiger partial charge in [-0.05, 0) is 32.0 Å². The Bertz CT molecular complexity index is 683. The first-order valence-electron chi connectivity index (χ1n) is 6.43. The number of nitrogens with one attached hydrogen (secondary N) is 1. The second kappa shape index (κ2) is 6.99. The van der Waals surface area contributed by atoms with Crippen molar-refractivity contribution >= 4 is 29.0 Å². The van der Waals surface area contributed by atoms with Gasteiger partial charge in [0.1, 0.15) is 0 Å². The number of hydrogen-bond acceptors (Lipinski definition) is 6. The second-order valence-corrected chi connectivity index (χ2v) is 5.52. The van der Waals surface area contributed by atoms with Crippen LogP contribution in [0.5, 0.6) is 0 Å². The van der Waals surface area contributed by atoms with E-state index in [0.29, 0.717) is 10.8 Å². The molecule has 7 nitrogen and oxygen atoms in total. The maximum absolute atomic E-state index is 11.9. The molecule has 114 valence electrons. The summed E-state index contributed by atoms with van der Waals surface area (Å²) < 4.78 is 0. The van der Waals surface area contributed by atoms with Gasteiger partial charge < -0.3 is 5.32 Å². The number of carbonyl (C=O) groups excluding carboxylic acids is 1. The summed E-state index contributed by atoms with van der Waals surface area (Å²) in [5, 5.41) is 13.8. The first kappa shape index (κ1) is 15.9. The fraction of sp³-hybridized carbons (Fsp3) is 0.214. The molecule has 2 rings (SSSR count). The smallest absolute Gasteiger partial charge is 0.269 e. The molecule has 1 aromatic heterocycles. The van der Waals surface area contributed by atoms with Crippen LogP contribution >= 0.6 is 11.8 Å². The Kier molecular flexibility index (Phi) is 5.05. The van der Waals surface area contributed by atoms with Crippen LogP contribution in [0.4, 0.5) is 11.4 Å². The lowest BCUT2D eigenvalue weighted by molar-refractivity contribution is -0.384. The molecule has 0 aliphatic carbocycles. The molecule has 2 aromatic rings. The van der Waals surface area contributed by atoms with Gasteiger partial charge in [-0.25, -0.2) is 9.97 Å². The van der Waals surface area contributed by atoms with Crippen LogP contribution < -0.4 is 5.32 Å². The van der Waals surface area contributed by atoms with Crippen LogP contribution in [-0.2, 0) is 4.79 Å². The molecule has 0 aliphatic rings. The van der Waals surface area contributed by atoms with Crippen LogP contribution in [0.3, 0.4) is 0 Å². The molecule has 22 heavy (non-hydrogen) atoms. The number of benzene rings is 1. The van der Waals surface area contributed by atoms with E-state index in [1.807, 2.05) is 19.9 Å². The van der Waals surface area contributed by atoms with E-state index in [1.165, 1.54) is 36.0 Å². The highest BCUT2D eigenvalue weighted by Gasteiger charge is 2.08. The van der Waals surface area contributed by atoms with Crippen LogP contribution in [0.15, 0.2) is 35.5 Å². The normalized spacial score (nSPS) is 10.3. The van der Waals surface area contributed by atoms with E-state index in [9.17, 15) is 14.9 Å². The predicted molar refractivity (Wildman–Crippen MR) is 84.0 cm³/mol. The summed E-state index contributed by atoms with van der Waals surface area (Å²) >= 11 is 1.24. The number of aromatic nitrogens is 2. The van der Waals surface area contributed by atoms with Crippen molar-refractivity contribution in [3.05, 3.63) is 51.8 Å². The number of aryl methyl sites for hydroxylation is 2. The fourth-order valence-electron chi connectivity index (χ4n) is 1.75. The van der Waals surface area contributed by atoms with E-state index in [-0.39, 0.29) is 17.3 Å². The molecule has 0 aliphatic heterocycles. The van der Waals surface area contributed by atoms with Crippen molar-refractivity contribution in [2.45, 2.75) is 19.0 Å². The number of carbonyl (C=O) groups is 1. The third-order valence-corrected chi connectivity index (χ3v) is 3.50. The lowest BCUT2D eigenvalue weighted by Crippen LogP contribution is -2.14. The molecule has 1 N–H and O–H groups in total. The molecule has 1 heterocycles. The molecule has 1 aromatic carbocycles. The van der Waals surface area contributed by atoms with Crippen molar-refractivity contribution in [3.8, 4) is 0 Å². The Hall–Kier alpha value is -2.48. The van der Waals surface area contributed by atoms with Gasteiger partial charge in [0.2, 0.25) is 5.91 Å². The minimum atomic E-state index is -0.487. The highest BCUT2D eigenvalue weighted by atomic mass is 32.2. The third kappa shape index (κ3) is 4.52. The molecule has 1 amide bonds. The zero-order valence-electron chi connectivity index (χ0n) is 12.1. The van der Waals surface area contributed by atoms with Crippen molar-refractivity contribution in [1.82, 2.24) is 9.97 Å². The van der Waals surface area contributed by atoms with E-state index >= 15 is 0 Å². The summed E-state index contributed by atoms with van der Waals surface area (Å²) in [6.07, 6.45) is 0. The highest BCUT2D eigenvalue weighted by molar-refractivity contribution is 7.99. The van der Waals surface area contributed by atoms with E-state index in [4.69, 9.17) is 0 Å². The molecule has 0 unspecified atom stereocenters. The summed E-state index contributed by atoms with van der Waals surface area (Å²) in [5.74, 6) is -0.0542. The SMILES string of the molecule is Cc1cc(C)nc(SCC(=O)Nc2ccc([N+](=O)[O-])cc2)n1. The van der Waals surface area contributed by atoms with Crippen LogP contribution in [0.1, 0.15) is 11.4 Å². The van der Waals surface area contributed by atoms with E-state index in [2.05, 4.69) is 15.3 Å². The molecular weight excluding hydrogens is 304 g/mol. The van der Waals surface area contributed by atoms with Gasteiger partial charge in [-0.3, -0.25) is 14.9 Å².